The van der Waals surface area contributed by atoms with Gasteiger partial charge in [-0.25, -0.2) is 19.3 Å². The number of nitrogen functional groups attached to an aromatic ring is 1. The number of aliphatic hydroxyl groups excluding tert-OH is 2. The molecule has 0 aliphatic heterocycles. The Morgan fingerprint density at radius 1 is 1.48 bits per heavy atom. The van der Waals surface area contributed by atoms with E-state index in [9.17, 15) is 14.6 Å². The maximum Gasteiger partial charge on any atom is 0.165 e. The van der Waals surface area contributed by atoms with Crippen LogP contribution in [0.25, 0.3) is 11.2 Å². The highest BCUT2D eigenvalue weighted by Gasteiger charge is 2.50. The van der Waals surface area contributed by atoms with Gasteiger partial charge in [-0.05, 0) is 12.0 Å². The smallest absolute Gasteiger partial charge is 0.165 e. The fraction of sp³-hybridized carbons (Fsp3) is 0.462. The summed E-state index contributed by atoms with van der Waals surface area (Å²) in [7, 11) is 0. The molecular formula is C13H16FN5O2. The normalized spacial score (nSPS) is 29.4. The molecule has 1 fully saturated rings. The molecule has 3 atom stereocenters. The first kappa shape index (κ1) is 13.9. The molecule has 112 valence electrons. The first-order chi connectivity index (χ1) is 10.0. The molecule has 0 spiro atoms. The summed E-state index contributed by atoms with van der Waals surface area (Å²) < 4.78 is 15.1. The van der Waals surface area contributed by atoms with Crippen molar-refractivity contribution >= 4 is 17.0 Å². The van der Waals surface area contributed by atoms with E-state index in [0.717, 1.165) is 0 Å². The summed E-state index contributed by atoms with van der Waals surface area (Å²) in [6, 6.07) is -0.401. The monoisotopic (exact) mass is 293 g/mol. The van der Waals surface area contributed by atoms with Gasteiger partial charge in [-0.15, -0.1) is 0 Å². The van der Waals surface area contributed by atoms with Crippen molar-refractivity contribution in [2.75, 3.05) is 19.0 Å². The third-order valence-electron chi connectivity index (χ3n) is 4.37. The Morgan fingerprint density at radius 3 is 2.86 bits per heavy atom. The third-order valence-corrected chi connectivity index (χ3v) is 4.37. The van der Waals surface area contributed by atoms with Crippen LogP contribution >= 0.6 is 0 Å². The Balaban J connectivity index is 2.09. The molecule has 0 radical (unpaired) electrons. The van der Waals surface area contributed by atoms with Crippen molar-refractivity contribution < 1.29 is 14.6 Å². The average molecular weight is 293 g/mol. The van der Waals surface area contributed by atoms with Crippen molar-refractivity contribution in [2.24, 2.45) is 5.41 Å². The molecule has 1 saturated carbocycles. The molecule has 4 N–H and O–H groups in total. The quantitative estimate of drug-likeness (QED) is 0.698. The number of aromatic nitrogens is 4. The molecule has 7 nitrogen and oxygen atoms in total. The van der Waals surface area contributed by atoms with Crippen molar-refractivity contribution in [3.05, 3.63) is 24.8 Å². The minimum Gasteiger partial charge on any atom is -0.395 e. The van der Waals surface area contributed by atoms with E-state index in [-0.39, 0.29) is 12.2 Å². The number of rotatable bonds is 3. The van der Waals surface area contributed by atoms with E-state index in [1.165, 1.54) is 12.7 Å². The predicted molar refractivity (Wildman–Crippen MR) is 74.0 cm³/mol. The van der Waals surface area contributed by atoms with E-state index in [0.29, 0.717) is 16.7 Å². The van der Waals surface area contributed by atoms with Crippen molar-refractivity contribution in [1.29, 1.82) is 0 Å². The van der Waals surface area contributed by atoms with Gasteiger partial charge in [-0.2, -0.15) is 0 Å². The molecule has 1 aliphatic carbocycles. The number of alkyl halides is 1. The Bertz CT molecular complexity index is 697. The van der Waals surface area contributed by atoms with Crippen LogP contribution in [0.4, 0.5) is 10.2 Å². The highest BCUT2D eigenvalue weighted by molar-refractivity contribution is 5.81. The summed E-state index contributed by atoms with van der Waals surface area (Å²) in [5, 5.41) is 19.7. The molecule has 2 aromatic heterocycles. The molecule has 21 heavy (non-hydrogen) atoms. The molecule has 0 bridgehead atoms. The molecular weight excluding hydrogens is 277 g/mol. The van der Waals surface area contributed by atoms with Crippen LogP contribution in [-0.4, -0.2) is 49.1 Å². The van der Waals surface area contributed by atoms with E-state index in [4.69, 9.17) is 5.73 Å². The lowest BCUT2D eigenvalue weighted by molar-refractivity contribution is 0.0110. The fourth-order valence-corrected chi connectivity index (χ4v) is 2.93. The van der Waals surface area contributed by atoms with Gasteiger partial charge in [-0.3, -0.25) is 0 Å². The zero-order valence-electron chi connectivity index (χ0n) is 11.3. The van der Waals surface area contributed by atoms with Gasteiger partial charge in [0.05, 0.1) is 30.5 Å². The average Bonchev–Trinajstić information content (AvgIpc) is 3.00. The van der Waals surface area contributed by atoms with Gasteiger partial charge in [0, 0.05) is 0 Å². The van der Waals surface area contributed by atoms with Gasteiger partial charge < -0.3 is 20.5 Å². The highest BCUT2D eigenvalue weighted by atomic mass is 19.1. The highest BCUT2D eigenvalue weighted by Crippen LogP contribution is 2.49. The van der Waals surface area contributed by atoms with Crippen LogP contribution in [0, 0.1) is 5.41 Å². The third kappa shape index (κ3) is 1.76. The topological polar surface area (TPSA) is 110 Å². The van der Waals surface area contributed by atoms with Crippen molar-refractivity contribution in [3.63, 3.8) is 0 Å². The standard InChI is InChI=1S/C13H16FN5O2/c1-7-8(2-9(21)13(7,3-14)4-20)19-6-18-10-11(15)16-5-17-12(10)19/h5-6,8-9,20-21H,1-4H2,(H2,15,16,17)/t8-,9-,13-/m0/s1. The van der Waals surface area contributed by atoms with Gasteiger partial charge in [0.2, 0.25) is 0 Å². The van der Waals surface area contributed by atoms with Gasteiger partial charge >= 0.3 is 0 Å². The number of anilines is 1. The largest absolute Gasteiger partial charge is 0.395 e. The molecule has 0 aromatic carbocycles. The lowest BCUT2D eigenvalue weighted by Gasteiger charge is -2.29. The molecule has 3 rings (SSSR count). The minimum atomic E-state index is -1.33. The summed E-state index contributed by atoms with van der Waals surface area (Å²) in [6.07, 6.45) is 2.06. The molecule has 2 heterocycles. The number of halogens is 1. The number of hydrogen-bond acceptors (Lipinski definition) is 6. The van der Waals surface area contributed by atoms with Crippen LogP contribution in [-0.2, 0) is 0 Å². The van der Waals surface area contributed by atoms with E-state index < -0.39 is 30.8 Å². The second-order valence-corrected chi connectivity index (χ2v) is 5.32. The lowest BCUT2D eigenvalue weighted by Crippen LogP contribution is -2.37. The molecule has 1 aliphatic rings. The Morgan fingerprint density at radius 2 is 2.24 bits per heavy atom. The zero-order chi connectivity index (χ0) is 15.2. The van der Waals surface area contributed by atoms with Crippen LogP contribution in [0.3, 0.4) is 0 Å². The second kappa shape index (κ2) is 4.74. The van der Waals surface area contributed by atoms with Gasteiger partial charge in [0.15, 0.2) is 11.5 Å². The van der Waals surface area contributed by atoms with Crippen LogP contribution < -0.4 is 5.73 Å². The van der Waals surface area contributed by atoms with E-state index in [1.807, 2.05) is 0 Å². The van der Waals surface area contributed by atoms with Crippen LogP contribution in [0.5, 0.6) is 0 Å². The Hall–Kier alpha value is -2.06. The number of fused-ring (bicyclic) bond motifs is 1. The van der Waals surface area contributed by atoms with Gasteiger partial charge in [0.1, 0.15) is 18.5 Å². The van der Waals surface area contributed by atoms with E-state index >= 15 is 0 Å². The summed E-state index contributed by atoms with van der Waals surface area (Å²) in [4.78, 5) is 12.2. The number of aliphatic hydroxyl groups is 2. The van der Waals surface area contributed by atoms with Crippen LogP contribution in [0.2, 0.25) is 0 Å². The summed E-state index contributed by atoms with van der Waals surface area (Å²) in [6.45, 7) is 2.52. The van der Waals surface area contributed by atoms with Crippen molar-refractivity contribution in [2.45, 2.75) is 18.6 Å². The van der Waals surface area contributed by atoms with Crippen LogP contribution in [0.1, 0.15) is 12.5 Å². The SMILES string of the molecule is C=C1[C@@H](n2cnc3c(N)ncnc32)C[C@H](O)[C@]1(CO)CF. The first-order valence-corrected chi connectivity index (χ1v) is 6.52. The van der Waals surface area contributed by atoms with Crippen molar-refractivity contribution in [3.8, 4) is 0 Å². The summed E-state index contributed by atoms with van der Waals surface area (Å²) >= 11 is 0. The molecule has 0 unspecified atom stereocenters. The molecule has 8 heteroatoms. The first-order valence-electron chi connectivity index (χ1n) is 6.52. The molecule has 2 aromatic rings. The van der Waals surface area contributed by atoms with Gasteiger partial charge in [0.25, 0.3) is 0 Å². The van der Waals surface area contributed by atoms with Crippen molar-refractivity contribution in [1.82, 2.24) is 19.5 Å². The zero-order valence-corrected chi connectivity index (χ0v) is 11.3. The predicted octanol–water partition coefficient (Wildman–Crippen LogP) is 0.219. The van der Waals surface area contributed by atoms with E-state index in [1.54, 1.807) is 4.57 Å². The van der Waals surface area contributed by atoms with Gasteiger partial charge in [-0.1, -0.05) is 6.58 Å². The Kier molecular flexibility index (Phi) is 3.14. The van der Waals surface area contributed by atoms with E-state index in [2.05, 4.69) is 21.5 Å². The number of nitrogens with two attached hydrogens (primary N) is 1. The minimum absolute atomic E-state index is 0.235. The Labute approximate surface area is 120 Å². The second-order valence-electron chi connectivity index (χ2n) is 5.32. The number of imidazole rings is 1. The lowest BCUT2D eigenvalue weighted by atomic mass is 9.83. The van der Waals surface area contributed by atoms with Crippen LogP contribution in [0.15, 0.2) is 24.8 Å². The number of hydrogen-bond donors (Lipinski definition) is 3. The maximum atomic E-state index is 13.4. The molecule has 0 amide bonds. The maximum absolute atomic E-state index is 13.4. The molecule has 0 saturated heterocycles. The number of nitrogens with zero attached hydrogens (tertiary/aromatic N) is 4. The fourth-order valence-electron chi connectivity index (χ4n) is 2.93. The summed E-state index contributed by atoms with van der Waals surface area (Å²) in [5.74, 6) is 0.252. The summed E-state index contributed by atoms with van der Waals surface area (Å²) in [5.41, 5.74) is 5.77.